The molecule has 3 N–H and O–H groups in total. The van der Waals surface area contributed by atoms with Crippen molar-refractivity contribution in [3.05, 3.63) is 61.9 Å². The molecule has 10 heteroatoms. The Bertz CT molecular complexity index is 965. The number of halogens is 3. The number of carbonyl (C=O) groups is 1. The lowest BCUT2D eigenvalue weighted by Gasteiger charge is -2.28. The Morgan fingerprint density at radius 2 is 1.93 bits per heavy atom. The van der Waals surface area contributed by atoms with Crippen LogP contribution < -0.4 is 16.6 Å². The minimum Gasteiger partial charge on any atom is -0.318 e. The molecule has 0 saturated carbocycles. The molecule has 0 unspecified atom stereocenters. The van der Waals surface area contributed by atoms with Gasteiger partial charge < -0.3 is 15.2 Å². The summed E-state index contributed by atoms with van der Waals surface area (Å²) in [5.41, 5.74) is 0.326. The second-order valence-electron chi connectivity index (χ2n) is 6.24. The van der Waals surface area contributed by atoms with E-state index >= 15 is 0 Å². The zero-order valence-corrected chi connectivity index (χ0v) is 14.2. The number of fused-ring (bicyclic) bond motifs is 1. The average Bonchev–Trinajstić information content (AvgIpc) is 2.59. The number of para-hydroxylation sites is 1. The van der Waals surface area contributed by atoms with Crippen LogP contribution in [0.3, 0.4) is 0 Å². The fourth-order valence-electron chi connectivity index (χ4n) is 2.98. The van der Waals surface area contributed by atoms with Crippen LogP contribution in [0.4, 0.5) is 23.7 Å². The summed E-state index contributed by atoms with van der Waals surface area (Å²) in [6, 6.07) is 5.78. The first kappa shape index (κ1) is 18.7. The lowest BCUT2D eigenvalue weighted by Crippen LogP contribution is -2.43. The van der Waals surface area contributed by atoms with E-state index in [0.29, 0.717) is 22.5 Å². The summed E-state index contributed by atoms with van der Waals surface area (Å²) in [5.74, 6) is 0. The summed E-state index contributed by atoms with van der Waals surface area (Å²) < 4.78 is 37.4. The summed E-state index contributed by atoms with van der Waals surface area (Å²) >= 11 is 0. The SMILES string of the molecule is O=C(Nc1ccccc1CCC(F)(F)F)N1CCc2c([nH]c(=O)[nH]c2=O)C1. The Balaban J connectivity index is 1.73. The highest BCUT2D eigenvalue weighted by Gasteiger charge is 2.27. The number of hydrogen-bond acceptors (Lipinski definition) is 3. The highest BCUT2D eigenvalue weighted by molar-refractivity contribution is 5.90. The van der Waals surface area contributed by atoms with E-state index in [-0.39, 0.29) is 25.9 Å². The highest BCUT2D eigenvalue weighted by Crippen LogP contribution is 2.25. The predicted molar refractivity (Wildman–Crippen MR) is 91.6 cm³/mol. The Hall–Kier alpha value is -3.04. The normalized spacial score (nSPS) is 14.0. The monoisotopic (exact) mass is 382 g/mol. The predicted octanol–water partition coefficient (Wildman–Crippen LogP) is 2.15. The largest absolute Gasteiger partial charge is 0.389 e. The van der Waals surface area contributed by atoms with E-state index in [1.54, 1.807) is 12.1 Å². The van der Waals surface area contributed by atoms with Crippen molar-refractivity contribution in [3.63, 3.8) is 0 Å². The fraction of sp³-hybridized carbons (Fsp3) is 0.353. The van der Waals surface area contributed by atoms with Crippen molar-refractivity contribution in [2.24, 2.45) is 0 Å². The van der Waals surface area contributed by atoms with Crippen molar-refractivity contribution in [3.8, 4) is 0 Å². The van der Waals surface area contributed by atoms with Crippen LogP contribution in [0.25, 0.3) is 0 Å². The Morgan fingerprint density at radius 1 is 1.19 bits per heavy atom. The van der Waals surface area contributed by atoms with Crippen LogP contribution in [0.5, 0.6) is 0 Å². The van der Waals surface area contributed by atoms with Crippen LogP contribution >= 0.6 is 0 Å². The number of nitrogens with one attached hydrogen (secondary N) is 3. The van der Waals surface area contributed by atoms with Gasteiger partial charge in [-0.15, -0.1) is 0 Å². The number of nitrogens with zero attached hydrogens (tertiary/aromatic N) is 1. The van der Waals surface area contributed by atoms with E-state index in [1.165, 1.54) is 17.0 Å². The molecular weight excluding hydrogens is 365 g/mol. The zero-order chi connectivity index (χ0) is 19.6. The number of hydrogen-bond donors (Lipinski definition) is 3. The second-order valence-corrected chi connectivity index (χ2v) is 6.24. The number of aryl methyl sites for hydroxylation is 1. The van der Waals surface area contributed by atoms with Gasteiger partial charge in [-0.3, -0.25) is 9.78 Å². The van der Waals surface area contributed by atoms with Gasteiger partial charge in [-0.1, -0.05) is 18.2 Å². The summed E-state index contributed by atoms with van der Waals surface area (Å²) in [5, 5.41) is 2.62. The number of H-pyrrole nitrogens is 2. The van der Waals surface area contributed by atoms with E-state index in [1.807, 2.05) is 0 Å². The molecule has 0 atom stereocenters. The molecule has 2 amide bonds. The van der Waals surface area contributed by atoms with Crippen LogP contribution in [0.1, 0.15) is 23.2 Å². The zero-order valence-electron chi connectivity index (χ0n) is 14.2. The smallest absolute Gasteiger partial charge is 0.318 e. The number of urea groups is 1. The maximum atomic E-state index is 12.5. The number of rotatable bonds is 3. The molecule has 1 aromatic carbocycles. The molecule has 7 nitrogen and oxygen atoms in total. The van der Waals surface area contributed by atoms with Crippen LogP contribution in [0, 0.1) is 0 Å². The molecule has 3 rings (SSSR count). The number of aromatic amines is 2. The summed E-state index contributed by atoms with van der Waals surface area (Å²) in [6.07, 6.45) is -5.25. The van der Waals surface area contributed by atoms with Crippen LogP contribution in [-0.2, 0) is 19.4 Å². The molecule has 0 spiro atoms. The number of aromatic nitrogens is 2. The third kappa shape index (κ3) is 4.57. The fourth-order valence-corrected chi connectivity index (χ4v) is 2.98. The number of carbonyl (C=O) groups excluding carboxylic acids is 1. The summed E-state index contributed by atoms with van der Waals surface area (Å²) in [4.78, 5) is 41.7. The maximum absolute atomic E-state index is 12.5. The van der Waals surface area contributed by atoms with Crippen LogP contribution in [0.15, 0.2) is 33.9 Å². The maximum Gasteiger partial charge on any atom is 0.389 e. The molecule has 27 heavy (non-hydrogen) atoms. The van der Waals surface area contributed by atoms with Gasteiger partial charge in [0.2, 0.25) is 0 Å². The molecule has 0 fully saturated rings. The molecule has 1 aliphatic heterocycles. The number of alkyl halides is 3. The molecule has 0 bridgehead atoms. The Kier molecular flexibility index (Phi) is 5.06. The van der Waals surface area contributed by atoms with E-state index in [2.05, 4.69) is 15.3 Å². The van der Waals surface area contributed by atoms with Crippen molar-refractivity contribution in [1.29, 1.82) is 0 Å². The molecule has 0 radical (unpaired) electrons. The van der Waals surface area contributed by atoms with Crippen molar-refractivity contribution < 1.29 is 18.0 Å². The molecule has 1 aliphatic rings. The second kappa shape index (κ2) is 7.29. The summed E-state index contributed by atoms with van der Waals surface area (Å²) in [6.45, 7) is 0.281. The molecule has 0 aliphatic carbocycles. The van der Waals surface area contributed by atoms with Crippen LogP contribution in [0.2, 0.25) is 0 Å². The lowest BCUT2D eigenvalue weighted by atomic mass is 10.1. The van der Waals surface area contributed by atoms with Gasteiger partial charge >= 0.3 is 17.9 Å². The van der Waals surface area contributed by atoms with E-state index < -0.39 is 29.9 Å². The van der Waals surface area contributed by atoms with Gasteiger partial charge in [0.05, 0.1) is 6.54 Å². The van der Waals surface area contributed by atoms with Gasteiger partial charge in [-0.05, 0) is 24.5 Å². The molecule has 144 valence electrons. The highest BCUT2D eigenvalue weighted by atomic mass is 19.4. The number of anilines is 1. The van der Waals surface area contributed by atoms with Crippen molar-refractivity contribution in [1.82, 2.24) is 14.9 Å². The van der Waals surface area contributed by atoms with Crippen molar-refractivity contribution in [2.75, 3.05) is 11.9 Å². The van der Waals surface area contributed by atoms with Gasteiger partial charge in [0.1, 0.15) is 0 Å². The quantitative estimate of drug-likeness (QED) is 0.759. The molecule has 1 aromatic heterocycles. The standard InChI is InChI=1S/C17H17F3N4O3/c18-17(19,20)7-5-10-3-1-2-4-12(10)22-16(27)24-8-6-11-13(9-24)21-15(26)23-14(11)25/h1-4H,5-9H2,(H,22,27)(H2,21,23,25,26). The van der Waals surface area contributed by atoms with E-state index in [9.17, 15) is 27.6 Å². The van der Waals surface area contributed by atoms with E-state index in [4.69, 9.17) is 0 Å². The molecular formula is C17H17F3N4O3. The van der Waals surface area contributed by atoms with Crippen molar-refractivity contribution in [2.45, 2.75) is 32.0 Å². The molecule has 0 saturated heterocycles. The van der Waals surface area contributed by atoms with Gasteiger partial charge in [-0.25, -0.2) is 9.59 Å². The summed E-state index contributed by atoms with van der Waals surface area (Å²) in [7, 11) is 0. The minimum atomic E-state index is -4.29. The Labute approximate surface area is 151 Å². The number of amides is 2. The topological polar surface area (TPSA) is 98.1 Å². The first-order valence-electron chi connectivity index (χ1n) is 8.28. The van der Waals surface area contributed by atoms with Crippen LogP contribution in [-0.4, -0.2) is 33.6 Å². The Morgan fingerprint density at radius 3 is 2.67 bits per heavy atom. The van der Waals surface area contributed by atoms with Crippen molar-refractivity contribution >= 4 is 11.7 Å². The average molecular weight is 382 g/mol. The van der Waals surface area contributed by atoms with Gasteiger partial charge in [0.15, 0.2) is 0 Å². The first-order chi connectivity index (χ1) is 12.7. The van der Waals surface area contributed by atoms with Gasteiger partial charge in [-0.2, -0.15) is 13.2 Å². The van der Waals surface area contributed by atoms with Gasteiger partial charge in [0.25, 0.3) is 5.56 Å². The third-order valence-electron chi connectivity index (χ3n) is 4.33. The number of benzene rings is 1. The molecule has 2 heterocycles. The molecule has 2 aromatic rings. The van der Waals surface area contributed by atoms with E-state index in [0.717, 1.165) is 0 Å². The minimum absolute atomic E-state index is 0.0328. The van der Waals surface area contributed by atoms with Gasteiger partial charge in [0, 0.05) is 29.9 Å². The lowest BCUT2D eigenvalue weighted by molar-refractivity contribution is -0.133. The third-order valence-corrected chi connectivity index (χ3v) is 4.33. The first-order valence-corrected chi connectivity index (χ1v) is 8.28.